The number of nitrogens with zero attached hydrogens (tertiary/aromatic N) is 4. The Bertz CT molecular complexity index is 612. The van der Waals surface area contributed by atoms with Crippen LogP contribution in [0.1, 0.15) is 0 Å². The first-order chi connectivity index (χ1) is 10.8. The standard InChI is InChI=1S/C16H19ClN4O/c17-14-3-1-13(2-4-14)15-11-16(19-12-18-15)21-7-5-20(6-8-21)9-10-22/h1-4,11-12,22H,5-10H2. The van der Waals surface area contributed by atoms with Gasteiger partial charge in [0.25, 0.3) is 0 Å². The maximum atomic E-state index is 9.00. The van der Waals surface area contributed by atoms with Gasteiger partial charge in [0.15, 0.2) is 0 Å². The summed E-state index contributed by atoms with van der Waals surface area (Å²) in [5, 5.41) is 9.72. The highest BCUT2D eigenvalue weighted by Gasteiger charge is 2.18. The minimum atomic E-state index is 0.216. The summed E-state index contributed by atoms with van der Waals surface area (Å²) in [6, 6.07) is 9.69. The first kappa shape index (κ1) is 15.2. The van der Waals surface area contributed by atoms with Crippen molar-refractivity contribution < 1.29 is 5.11 Å². The molecule has 0 aliphatic carbocycles. The number of aliphatic hydroxyl groups excluding tert-OH is 1. The first-order valence-corrected chi connectivity index (χ1v) is 7.80. The fourth-order valence-electron chi connectivity index (χ4n) is 2.64. The minimum absolute atomic E-state index is 0.216. The Morgan fingerprint density at radius 2 is 1.77 bits per heavy atom. The Hall–Kier alpha value is -1.69. The van der Waals surface area contributed by atoms with Gasteiger partial charge < -0.3 is 10.0 Å². The Morgan fingerprint density at radius 3 is 2.45 bits per heavy atom. The van der Waals surface area contributed by atoms with Crippen LogP contribution in [-0.4, -0.2) is 59.3 Å². The van der Waals surface area contributed by atoms with Crippen LogP contribution in [0.25, 0.3) is 11.3 Å². The highest BCUT2D eigenvalue weighted by Crippen LogP contribution is 2.23. The molecule has 1 aromatic carbocycles. The molecule has 1 aliphatic rings. The van der Waals surface area contributed by atoms with Gasteiger partial charge in [-0.05, 0) is 12.1 Å². The van der Waals surface area contributed by atoms with Crippen molar-refractivity contribution in [3.63, 3.8) is 0 Å². The lowest BCUT2D eigenvalue weighted by Gasteiger charge is -2.35. The van der Waals surface area contributed by atoms with Crippen LogP contribution in [0.5, 0.6) is 0 Å². The number of benzene rings is 1. The lowest BCUT2D eigenvalue weighted by atomic mass is 10.1. The summed E-state index contributed by atoms with van der Waals surface area (Å²) < 4.78 is 0. The van der Waals surface area contributed by atoms with Crippen molar-refractivity contribution in [2.75, 3.05) is 44.2 Å². The summed E-state index contributed by atoms with van der Waals surface area (Å²) in [7, 11) is 0. The van der Waals surface area contributed by atoms with Crippen LogP contribution in [0.2, 0.25) is 5.02 Å². The minimum Gasteiger partial charge on any atom is -0.395 e. The van der Waals surface area contributed by atoms with E-state index in [1.165, 1.54) is 0 Å². The van der Waals surface area contributed by atoms with Crippen molar-refractivity contribution in [1.82, 2.24) is 14.9 Å². The monoisotopic (exact) mass is 318 g/mol. The Kier molecular flexibility index (Phi) is 4.87. The molecule has 6 heteroatoms. The third-order valence-electron chi connectivity index (χ3n) is 3.91. The van der Waals surface area contributed by atoms with Crippen LogP contribution >= 0.6 is 11.6 Å². The molecule has 3 rings (SSSR count). The molecule has 5 nitrogen and oxygen atoms in total. The zero-order valence-corrected chi connectivity index (χ0v) is 13.1. The van der Waals surface area contributed by atoms with Crippen LogP contribution in [0.4, 0.5) is 5.82 Å². The van der Waals surface area contributed by atoms with Crippen LogP contribution in [0.15, 0.2) is 36.7 Å². The Morgan fingerprint density at radius 1 is 1.05 bits per heavy atom. The normalized spacial score (nSPS) is 16.0. The second-order valence-electron chi connectivity index (χ2n) is 5.32. The van der Waals surface area contributed by atoms with Crippen LogP contribution in [0, 0.1) is 0 Å². The van der Waals surface area contributed by atoms with Gasteiger partial charge in [-0.2, -0.15) is 0 Å². The van der Waals surface area contributed by atoms with E-state index >= 15 is 0 Å². The van der Waals surface area contributed by atoms with Gasteiger partial charge in [-0.3, -0.25) is 4.90 Å². The summed E-state index contributed by atoms with van der Waals surface area (Å²) in [6.45, 7) is 4.68. The third kappa shape index (κ3) is 3.55. The Balaban J connectivity index is 1.73. The molecule has 1 fully saturated rings. The van der Waals surface area contributed by atoms with Gasteiger partial charge in [0.1, 0.15) is 12.1 Å². The maximum absolute atomic E-state index is 9.00. The van der Waals surface area contributed by atoms with Crippen molar-refractivity contribution in [2.24, 2.45) is 0 Å². The highest BCUT2D eigenvalue weighted by molar-refractivity contribution is 6.30. The topological polar surface area (TPSA) is 52.5 Å². The highest BCUT2D eigenvalue weighted by atomic mass is 35.5. The second kappa shape index (κ2) is 7.05. The SMILES string of the molecule is OCCN1CCN(c2cc(-c3ccc(Cl)cc3)ncn2)CC1. The molecule has 116 valence electrons. The van der Waals surface area contributed by atoms with Crippen molar-refractivity contribution in [1.29, 1.82) is 0 Å². The van der Waals surface area contributed by atoms with Gasteiger partial charge in [-0.15, -0.1) is 0 Å². The van der Waals surface area contributed by atoms with Gasteiger partial charge in [-0.1, -0.05) is 23.7 Å². The molecule has 0 saturated carbocycles. The predicted octanol–water partition coefficient (Wildman–Crippen LogP) is 1.91. The number of anilines is 1. The zero-order valence-electron chi connectivity index (χ0n) is 12.3. The second-order valence-corrected chi connectivity index (χ2v) is 5.76. The molecule has 0 radical (unpaired) electrons. The van der Waals surface area contributed by atoms with Crippen molar-refractivity contribution in [3.05, 3.63) is 41.7 Å². The molecule has 22 heavy (non-hydrogen) atoms. The van der Waals surface area contributed by atoms with E-state index in [-0.39, 0.29) is 6.61 Å². The van der Waals surface area contributed by atoms with Crippen LogP contribution in [-0.2, 0) is 0 Å². The van der Waals surface area contributed by atoms with Crippen LogP contribution in [0.3, 0.4) is 0 Å². The molecule has 0 unspecified atom stereocenters. The number of hydrogen-bond donors (Lipinski definition) is 1. The molecule has 1 saturated heterocycles. The van der Waals surface area contributed by atoms with Crippen LogP contribution < -0.4 is 4.90 Å². The number of rotatable bonds is 4. The van der Waals surface area contributed by atoms with Gasteiger partial charge in [0.05, 0.1) is 12.3 Å². The van der Waals surface area contributed by atoms with Crippen molar-refractivity contribution in [2.45, 2.75) is 0 Å². The molecule has 0 amide bonds. The van der Waals surface area contributed by atoms with Gasteiger partial charge in [0.2, 0.25) is 0 Å². The average Bonchev–Trinajstić information content (AvgIpc) is 2.57. The number of β-amino-alcohol motifs (C(OH)–C–C–N with tert-alkyl or cyclic N) is 1. The number of aromatic nitrogens is 2. The first-order valence-electron chi connectivity index (χ1n) is 7.42. The fraction of sp³-hybridized carbons (Fsp3) is 0.375. The number of aliphatic hydroxyl groups is 1. The van der Waals surface area contributed by atoms with E-state index < -0.39 is 0 Å². The third-order valence-corrected chi connectivity index (χ3v) is 4.16. The molecule has 0 bridgehead atoms. The number of hydrogen-bond acceptors (Lipinski definition) is 5. The summed E-state index contributed by atoms with van der Waals surface area (Å²) in [5.74, 6) is 0.948. The van der Waals surface area contributed by atoms with E-state index in [9.17, 15) is 0 Å². The largest absolute Gasteiger partial charge is 0.395 e. The molecule has 1 N–H and O–H groups in total. The summed E-state index contributed by atoms with van der Waals surface area (Å²) >= 11 is 5.93. The molecular weight excluding hydrogens is 300 g/mol. The smallest absolute Gasteiger partial charge is 0.132 e. The van der Waals surface area contributed by atoms with Gasteiger partial charge >= 0.3 is 0 Å². The van der Waals surface area contributed by atoms with Crippen molar-refractivity contribution >= 4 is 17.4 Å². The van der Waals surface area contributed by atoms with E-state index in [1.807, 2.05) is 30.3 Å². The lowest BCUT2D eigenvalue weighted by Crippen LogP contribution is -2.47. The summed E-state index contributed by atoms with van der Waals surface area (Å²) in [4.78, 5) is 13.3. The molecular formula is C16H19ClN4O. The van der Waals surface area contributed by atoms with E-state index in [1.54, 1.807) is 6.33 Å². The molecule has 1 aliphatic heterocycles. The average molecular weight is 319 g/mol. The maximum Gasteiger partial charge on any atom is 0.132 e. The van der Waals surface area contributed by atoms with E-state index in [2.05, 4.69) is 19.8 Å². The molecule has 1 aromatic heterocycles. The van der Waals surface area contributed by atoms with E-state index in [0.717, 1.165) is 54.8 Å². The predicted molar refractivity (Wildman–Crippen MR) is 88.2 cm³/mol. The summed E-state index contributed by atoms with van der Waals surface area (Å²) in [5.41, 5.74) is 1.94. The Labute approximate surface area is 135 Å². The molecule has 0 spiro atoms. The number of piperazine rings is 1. The lowest BCUT2D eigenvalue weighted by molar-refractivity contribution is 0.188. The van der Waals surface area contributed by atoms with Crippen molar-refractivity contribution in [3.8, 4) is 11.3 Å². The zero-order chi connectivity index (χ0) is 15.4. The van der Waals surface area contributed by atoms with Gasteiger partial charge in [-0.25, -0.2) is 9.97 Å². The molecule has 2 heterocycles. The number of halogens is 1. The van der Waals surface area contributed by atoms with Gasteiger partial charge in [0, 0.05) is 49.4 Å². The summed E-state index contributed by atoms with van der Waals surface area (Å²) in [6.07, 6.45) is 1.61. The van der Waals surface area contributed by atoms with E-state index in [4.69, 9.17) is 16.7 Å². The molecule has 2 aromatic rings. The fourth-order valence-corrected chi connectivity index (χ4v) is 2.77. The quantitative estimate of drug-likeness (QED) is 0.933. The van der Waals surface area contributed by atoms with E-state index in [0.29, 0.717) is 0 Å². The molecule has 0 atom stereocenters.